The van der Waals surface area contributed by atoms with Crippen molar-refractivity contribution >= 4 is 33.4 Å². The number of halogens is 3. The number of hydrogen-bond donors (Lipinski definition) is 2. The molecule has 8 nitrogen and oxygen atoms in total. The van der Waals surface area contributed by atoms with Gasteiger partial charge < -0.3 is 14.3 Å². The number of nitrogens with zero attached hydrogens (tertiary/aromatic N) is 2. The van der Waals surface area contributed by atoms with Crippen LogP contribution in [0.15, 0.2) is 56.4 Å². The molecule has 0 aliphatic heterocycles. The number of alkyl halides is 2. The predicted octanol–water partition coefficient (Wildman–Crippen LogP) is 4.15. The number of hydrogen-bond acceptors (Lipinski definition) is 6. The first-order valence-electron chi connectivity index (χ1n) is 9.02. The lowest BCUT2D eigenvalue weighted by Gasteiger charge is -2.20. The molecule has 13 heteroatoms. The second kappa shape index (κ2) is 8.75. The third kappa shape index (κ3) is 5.15. The number of aromatic nitrogens is 2. The Labute approximate surface area is 190 Å². The Kier molecular flexibility index (Phi) is 6.74. The first-order valence-corrected chi connectivity index (χ1v) is 13.3. The highest BCUT2D eigenvalue weighted by Crippen LogP contribution is 2.60. The van der Waals surface area contributed by atoms with Crippen LogP contribution in [0.1, 0.15) is 34.3 Å². The van der Waals surface area contributed by atoms with Crippen molar-refractivity contribution in [2.24, 2.45) is 0 Å². The van der Waals surface area contributed by atoms with Crippen molar-refractivity contribution in [1.29, 1.82) is 0 Å². The number of aryl methyl sites for hydroxylation is 1. The van der Waals surface area contributed by atoms with Crippen molar-refractivity contribution < 1.29 is 36.1 Å². The van der Waals surface area contributed by atoms with Crippen LogP contribution in [-0.2, 0) is 26.5 Å². The molecule has 1 unspecified atom stereocenters. The van der Waals surface area contributed by atoms with E-state index in [0.717, 1.165) is 12.3 Å². The zero-order valence-electron chi connectivity index (χ0n) is 16.7. The third-order valence-electron chi connectivity index (χ3n) is 4.72. The summed E-state index contributed by atoms with van der Waals surface area (Å²) in [4.78, 5) is 22.3. The fourth-order valence-corrected chi connectivity index (χ4v) is 5.04. The van der Waals surface area contributed by atoms with Gasteiger partial charge in [-0.3, -0.25) is 4.57 Å². The van der Waals surface area contributed by atoms with Gasteiger partial charge in [0, 0.05) is 16.3 Å². The molecule has 172 valence electrons. The van der Waals surface area contributed by atoms with Gasteiger partial charge in [-0.05, 0) is 42.7 Å². The minimum atomic E-state index is -5.72. The summed E-state index contributed by atoms with van der Waals surface area (Å²) in [5.74, 6) is 0.107. The molecule has 0 aliphatic carbocycles. The van der Waals surface area contributed by atoms with Crippen molar-refractivity contribution in [2.45, 2.75) is 29.8 Å². The molecule has 1 aromatic heterocycles. The van der Waals surface area contributed by atoms with Crippen LogP contribution < -0.4 is 0 Å². The minimum absolute atomic E-state index is 0.133. The van der Waals surface area contributed by atoms with Crippen molar-refractivity contribution in [1.82, 2.24) is 10.1 Å². The Morgan fingerprint density at radius 2 is 1.81 bits per heavy atom. The van der Waals surface area contributed by atoms with Crippen LogP contribution >= 0.6 is 23.5 Å². The fraction of sp³-hybridized carbons (Fsp3) is 0.263. The standard InChI is InChI=1S/C19H18BrF2N2O6PS/c1-11-23-18(30-24-11)15(13-4-6-14(7-5-13)32(2,28)29)9-12-3-8-16(17(20)10-12)19(21,22)31(25,26)27/h3-8,10,15H,9H2,1-2H3,(H2,25,26,27). The number of rotatable bonds is 7. The van der Waals surface area contributed by atoms with Gasteiger partial charge in [0.25, 0.3) is 0 Å². The highest BCUT2D eigenvalue weighted by Gasteiger charge is 2.51. The summed E-state index contributed by atoms with van der Waals surface area (Å²) in [6.07, 6.45) is 1.30. The van der Waals surface area contributed by atoms with E-state index in [4.69, 9.17) is 14.3 Å². The Bertz CT molecular complexity index is 1290. The molecule has 32 heavy (non-hydrogen) atoms. The molecule has 1 heterocycles. The van der Waals surface area contributed by atoms with Crippen LogP contribution in [0, 0.1) is 6.92 Å². The van der Waals surface area contributed by atoms with Gasteiger partial charge in [-0.15, -0.1) is 0 Å². The molecule has 0 saturated heterocycles. The third-order valence-corrected chi connectivity index (χ3v) is 7.47. The predicted molar refractivity (Wildman–Crippen MR) is 114 cm³/mol. The van der Waals surface area contributed by atoms with E-state index in [9.17, 15) is 21.8 Å². The maximum absolute atomic E-state index is 14.1. The highest BCUT2D eigenvalue weighted by atomic mass is 79.9. The van der Waals surface area contributed by atoms with Crippen LogP contribution in [-0.4, -0.2) is 34.6 Å². The van der Waals surface area contributed by atoms with Crippen LogP contribution in [0.4, 0.5) is 8.78 Å². The van der Waals surface area contributed by atoms with Gasteiger partial charge in [0.15, 0.2) is 15.7 Å². The molecule has 0 saturated carbocycles. The van der Waals surface area contributed by atoms with E-state index in [1.807, 2.05) is 0 Å². The first kappa shape index (κ1) is 24.7. The SMILES string of the molecule is Cc1noc(C(Cc2ccc(C(F)(F)P(=O)(O)O)c(Br)c2)c2ccc(S(C)(=O)=O)cc2)n1. The second-order valence-electron chi connectivity index (χ2n) is 7.18. The molecule has 1 atom stereocenters. The van der Waals surface area contributed by atoms with Gasteiger partial charge in [0.1, 0.15) is 0 Å². The second-order valence-corrected chi connectivity index (χ2v) is 11.7. The van der Waals surface area contributed by atoms with E-state index >= 15 is 0 Å². The summed E-state index contributed by atoms with van der Waals surface area (Å²) in [7, 11) is -9.11. The average Bonchev–Trinajstić information content (AvgIpc) is 3.10. The molecule has 2 aromatic carbocycles. The molecule has 2 N–H and O–H groups in total. The maximum atomic E-state index is 14.1. The summed E-state index contributed by atoms with van der Waals surface area (Å²) < 4.78 is 68.0. The number of benzene rings is 2. The zero-order chi connectivity index (χ0) is 23.9. The van der Waals surface area contributed by atoms with Crippen molar-refractivity contribution in [3.8, 4) is 0 Å². The molecule has 3 rings (SSSR count). The quantitative estimate of drug-likeness (QED) is 0.419. The van der Waals surface area contributed by atoms with Gasteiger partial charge in [-0.25, -0.2) is 8.42 Å². The summed E-state index contributed by atoms with van der Waals surface area (Å²) in [6.45, 7) is 1.63. The van der Waals surface area contributed by atoms with Gasteiger partial charge in [-0.2, -0.15) is 13.8 Å². The molecule has 3 aromatic rings. The van der Waals surface area contributed by atoms with E-state index in [1.54, 1.807) is 19.1 Å². The largest absolute Gasteiger partial charge is 0.399 e. The molecular formula is C19H18BrF2N2O6PS. The van der Waals surface area contributed by atoms with Gasteiger partial charge >= 0.3 is 13.3 Å². The fourth-order valence-electron chi connectivity index (χ4n) is 3.07. The van der Waals surface area contributed by atoms with Crippen LogP contribution in [0.25, 0.3) is 0 Å². The van der Waals surface area contributed by atoms with Crippen LogP contribution in [0.3, 0.4) is 0 Å². The lowest BCUT2D eigenvalue weighted by atomic mass is 9.91. The van der Waals surface area contributed by atoms with Gasteiger partial charge in [-0.1, -0.05) is 45.4 Å². The van der Waals surface area contributed by atoms with Crippen LogP contribution in [0.2, 0.25) is 0 Å². The van der Waals surface area contributed by atoms with E-state index in [2.05, 4.69) is 26.1 Å². The number of sulfone groups is 1. The van der Waals surface area contributed by atoms with Crippen molar-refractivity contribution in [3.63, 3.8) is 0 Å². The molecule has 0 fully saturated rings. The molecular weight excluding hydrogens is 533 g/mol. The minimum Gasteiger partial charge on any atom is -0.339 e. The van der Waals surface area contributed by atoms with E-state index < -0.39 is 34.6 Å². The topological polar surface area (TPSA) is 131 Å². The summed E-state index contributed by atoms with van der Waals surface area (Å²) in [5.41, 5.74) is -4.00. The Balaban J connectivity index is 1.99. The highest BCUT2D eigenvalue weighted by molar-refractivity contribution is 9.10. The van der Waals surface area contributed by atoms with Crippen LogP contribution in [0.5, 0.6) is 0 Å². The van der Waals surface area contributed by atoms with Gasteiger partial charge in [0.05, 0.1) is 10.8 Å². The van der Waals surface area contributed by atoms with Crippen molar-refractivity contribution in [3.05, 3.63) is 75.3 Å². The van der Waals surface area contributed by atoms with E-state index in [0.29, 0.717) is 17.0 Å². The van der Waals surface area contributed by atoms with Crippen molar-refractivity contribution in [2.75, 3.05) is 6.26 Å². The molecule has 0 spiro atoms. The summed E-state index contributed by atoms with van der Waals surface area (Å²) >= 11 is 2.97. The molecule has 0 aliphatic rings. The van der Waals surface area contributed by atoms with E-state index in [-0.39, 0.29) is 21.7 Å². The Morgan fingerprint density at radius 1 is 1.19 bits per heavy atom. The summed E-state index contributed by atoms with van der Waals surface area (Å²) in [6, 6.07) is 9.70. The van der Waals surface area contributed by atoms with E-state index in [1.165, 1.54) is 24.3 Å². The molecule has 0 amide bonds. The smallest absolute Gasteiger partial charge is 0.339 e. The lowest BCUT2D eigenvalue weighted by Crippen LogP contribution is -2.15. The zero-order valence-corrected chi connectivity index (χ0v) is 20.0. The monoisotopic (exact) mass is 550 g/mol. The normalized spacial score (nSPS) is 13.8. The maximum Gasteiger partial charge on any atom is 0.399 e. The molecule has 0 radical (unpaired) electrons. The average molecular weight is 551 g/mol. The Morgan fingerprint density at radius 3 is 2.28 bits per heavy atom. The molecule has 0 bridgehead atoms. The van der Waals surface area contributed by atoms with Gasteiger partial charge in [0.2, 0.25) is 5.89 Å². The Hall–Kier alpha value is -1.98. The lowest BCUT2D eigenvalue weighted by molar-refractivity contribution is 0.0557. The first-order chi connectivity index (χ1) is 14.7. The summed E-state index contributed by atoms with van der Waals surface area (Å²) in [5, 5.41) is 3.78.